The number of carbonyl (C=O) groups excluding carboxylic acids is 3. The highest BCUT2D eigenvalue weighted by Gasteiger charge is 2.19. The lowest BCUT2D eigenvalue weighted by Gasteiger charge is -2.18. The van der Waals surface area contributed by atoms with Crippen molar-refractivity contribution >= 4 is 17.9 Å². The van der Waals surface area contributed by atoms with Gasteiger partial charge in [-0.05, 0) is 116 Å². The van der Waals surface area contributed by atoms with Crippen molar-refractivity contribution in [2.45, 2.75) is 213 Å². The van der Waals surface area contributed by atoms with Crippen LogP contribution in [0.4, 0.5) is 0 Å². The molecule has 0 radical (unpaired) electrons. The zero-order valence-electron chi connectivity index (χ0n) is 42.1. The van der Waals surface area contributed by atoms with Gasteiger partial charge in [0.15, 0.2) is 6.10 Å². The van der Waals surface area contributed by atoms with Crippen molar-refractivity contribution < 1.29 is 28.6 Å². The van der Waals surface area contributed by atoms with Gasteiger partial charge in [-0.3, -0.25) is 14.4 Å². The first-order chi connectivity index (χ1) is 32.5. The van der Waals surface area contributed by atoms with Crippen LogP contribution in [0.15, 0.2) is 134 Å². The topological polar surface area (TPSA) is 78.9 Å². The molecule has 1 unspecified atom stereocenters. The van der Waals surface area contributed by atoms with E-state index in [1.54, 1.807) is 0 Å². The number of rotatable bonds is 45. The molecule has 0 N–H and O–H groups in total. The molecule has 0 rings (SSSR count). The smallest absolute Gasteiger partial charge is 0.306 e. The lowest BCUT2D eigenvalue weighted by Crippen LogP contribution is -2.30. The Kier molecular flexibility index (Phi) is 49.6. The third-order valence-corrected chi connectivity index (χ3v) is 10.4. The molecule has 66 heavy (non-hydrogen) atoms. The second kappa shape index (κ2) is 53.2. The summed E-state index contributed by atoms with van der Waals surface area (Å²) in [6.07, 6.45) is 74.3. The molecule has 0 aliphatic heterocycles. The molecule has 0 aromatic heterocycles. The maximum absolute atomic E-state index is 12.8. The molecule has 6 nitrogen and oxygen atoms in total. The summed E-state index contributed by atoms with van der Waals surface area (Å²) in [4.78, 5) is 38.0. The van der Waals surface area contributed by atoms with Crippen molar-refractivity contribution in [3.05, 3.63) is 134 Å². The molecule has 0 heterocycles. The highest BCUT2D eigenvalue weighted by atomic mass is 16.6. The molecule has 0 aliphatic rings. The van der Waals surface area contributed by atoms with Gasteiger partial charge in [-0.25, -0.2) is 0 Å². The van der Waals surface area contributed by atoms with Gasteiger partial charge < -0.3 is 14.2 Å². The van der Waals surface area contributed by atoms with Crippen LogP contribution in [-0.4, -0.2) is 37.2 Å². The Hall–Kier alpha value is -4.45. The van der Waals surface area contributed by atoms with Crippen LogP contribution in [0.3, 0.4) is 0 Å². The quantitative estimate of drug-likeness (QED) is 0.0199. The molecule has 6 heteroatoms. The number of esters is 3. The number of allylic oxidation sites excluding steroid dienone is 22. The number of hydrogen-bond donors (Lipinski definition) is 0. The van der Waals surface area contributed by atoms with E-state index in [9.17, 15) is 14.4 Å². The highest BCUT2D eigenvalue weighted by molar-refractivity contribution is 5.71. The van der Waals surface area contributed by atoms with Crippen LogP contribution in [0.2, 0.25) is 0 Å². The van der Waals surface area contributed by atoms with E-state index in [1.807, 2.05) is 0 Å². The Balaban J connectivity index is 4.52. The maximum Gasteiger partial charge on any atom is 0.306 e. The van der Waals surface area contributed by atoms with Gasteiger partial charge in [0.05, 0.1) is 0 Å². The van der Waals surface area contributed by atoms with Crippen LogP contribution in [0, 0.1) is 0 Å². The van der Waals surface area contributed by atoms with Crippen LogP contribution in [-0.2, 0) is 28.6 Å². The summed E-state index contributed by atoms with van der Waals surface area (Å²) in [5, 5.41) is 0. The van der Waals surface area contributed by atoms with Crippen molar-refractivity contribution in [1.29, 1.82) is 0 Å². The first-order valence-electron chi connectivity index (χ1n) is 26.2. The van der Waals surface area contributed by atoms with Crippen molar-refractivity contribution in [1.82, 2.24) is 0 Å². The van der Waals surface area contributed by atoms with E-state index >= 15 is 0 Å². The summed E-state index contributed by atoms with van der Waals surface area (Å²) in [5.74, 6) is -0.985. The first-order valence-corrected chi connectivity index (χ1v) is 26.2. The van der Waals surface area contributed by atoms with E-state index in [4.69, 9.17) is 14.2 Å². The average molecular weight is 911 g/mol. The molecule has 0 amide bonds. The highest BCUT2D eigenvalue weighted by Crippen LogP contribution is 2.13. The van der Waals surface area contributed by atoms with Gasteiger partial charge in [0, 0.05) is 19.3 Å². The fourth-order valence-corrected chi connectivity index (χ4v) is 6.60. The normalized spacial score (nSPS) is 13.2. The average Bonchev–Trinajstić information content (AvgIpc) is 3.31. The van der Waals surface area contributed by atoms with E-state index in [0.29, 0.717) is 19.3 Å². The molecule has 1 atom stereocenters. The summed E-state index contributed by atoms with van der Waals surface area (Å²) in [6.45, 7) is 6.20. The fourth-order valence-electron chi connectivity index (χ4n) is 6.60. The zero-order chi connectivity index (χ0) is 47.9. The Morgan fingerprint density at radius 3 is 1.03 bits per heavy atom. The van der Waals surface area contributed by atoms with Crippen LogP contribution < -0.4 is 0 Å². The largest absolute Gasteiger partial charge is 0.462 e. The fraction of sp³-hybridized carbons (Fsp3) is 0.583. The Labute approximate surface area is 405 Å². The molecule has 0 aromatic rings. The van der Waals surface area contributed by atoms with Crippen molar-refractivity contribution in [3.8, 4) is 0 Å². The minimum Gasteiger partial charge on any atom is -0.462 e. The Morgan fingerprint density at radius 1 is 0.318 bits per heavy atom. The molecule has 0 saturated heterocycles. The van der Waals surface area contributed by atoms with Gasteiger partial charge in [0.2, 0.25) is 0 Å². The third kappa shape index (κ3) is 50.5. The van der Waals surface area contributed by atoms with Crippen molar-refractivity contribution in [3.63, 3.8) is 0 Å². The summed E-state index contributed by atoms with van der Waals surface area (Å²) in [7, 11) is 0. The monoisotopic (exact) mass is 911 g/mol. The van der Waals surface area contributed by atoms with Gasteiger partial charge in [0.25, 0.3) is 0 Å². The summed E-state index contributed by atoms with van der Waals surface area (Å²) in [6, 6.07) is 0. The van der Waals surface area contributed by atoms with E-state index in [-0.39, 0.29) is 31.1 Å². The summed E-state index contributed by atoms with van der Waals surface area (Å²) >= 11 is 0. The summed E-state index contributed by atoms with van der Waals surface area (Å²) < 4.78 is 16.8. The zero-order valence-corrected chi connectivity index (χ0v) is 42.1. The molecule has 0 saturated carbocycles. The van der Waals surface area contributed by atoms with Gasteiger partial charge in [-0.15, -0.1) is 0 Å². The Bertz CT molecular complexity index is 1460. The Morgan fingerprint density at radius 2 is 0.621 bits per heavy atom. The second-order valence-electron chi connectivity index (χ2n) is 16.7. The third-order valence-electron chi connectivity index (χ3n) is 10.4. The van der Waals surface area contributed by atoms with Crippen molar-refractivity contribution in [2.24, 2.45) is 0 Å². The predicted octanol–water partition coefficient (Wildman–Crippen LogP) is 17.5. The van der Waals surface area contributed by atoms with Crippen LogP contribution in [0.1, 0.15) is 207 Å². The minimum absolute atomic E-state index is 0.111. The SMILES string of the molecule is CC\C=C/C=C\C=C/CCCCCCCCCC(=O)OC(COC(=O)CCCCC/C=C\C/C=C\C/C=C\C/C=C\C/C=C\CC)COC(=O)CCCCCC/C=C\C/C=C\C/C=C\CC. The number of hydrogen-bond acceptors (Lipinski definition) is 6. The number of carbonyl (C=O) groups is 3. The lowest BCUT2D eigenvalue weighted by atomic mass is 10.1. The molecule has 0 aliphatic carbocycles. The number of unbranched alkanes of at least 4 members (excludes halogenated alkanes) is 14. The van der Waals surface area contributed by atoms with E-state index in [0.717, 1.165) is 148 Å². The molecule has 0 fully saturated rings. The molecule has 0 spiro atoms. The maximum atomic E-state index is 12.8. The standard InChI is InChI=1S/C60H94O6/c1-4-7-10-13-16-19-22-25-28-29-30-31-33-35-38-41-44-47-50-53-59(62)65-56-57(55-64-58(61)52-49-46-43-40-37-34-27-24-21-18-15-12-9-6-3)66-60(63)54-51-48-45-42-39-36-32-26-23-20-17-14-11-8-5-2/h7-12,14,16-21,23,25,27-28,30-31,34-35,38,57H,4-6,13,15,22,24,26,29,32-33,36-37,39-56H2,1-3H3/b10-7-,11-8-,12-9-,17-14-,19-16-,21-18-,23-20-,28-25-,31-30-,34-27-,38-35-. The second-order valence-corrected chi connectivity index (χ2v) is 16.7. The van der Waals surface area contributed by atoms with Crippen LogP contribution in [0.25, 0.3) is 0 Å². The van der Waals surface area contributed by atoms with Crippen LogP contribution >= 0.6 is 0 Å². The van der Waals surface area contributed by atoms with Crippen LogP contribution in [0.5, 0.6) is 0 Å². The van der Waals surface area contributed by atoms with E-state index in [1.165, 1.54) is 19.3 Å². The molecular weight excluding hydrogens is 817 g/mol. The lowest BCUT2D eigenvalue weighted by molar-refractivity contribution is -0.167. The van der Waals surface area contributed by atoms with Gasteiger partial charge in [0.1, 0.15) is 13.2 Å². The molecule has 0 bridgehead atoms. The first kappa shape index (κ1) is 61.5. The van der Waals surface area contributed by atoms with E-state index in [2.05, 4.69) is 154 Å². The molecule has 370 valence electrons. The molecule has 0 aromatic carbocycles. The van der Waals surface area contributed by atoms with Gasteiger partial charge in [-0.2, -0.15) is 0 Å². The number of ether oxygens (including phenoxy) is 3. The van der Waals surface area contributed by atoms with Gasteiger partial charge >= 0.3 is 17.9 Å². The minimum atomic E-state index is -0.812. The predicted molar refractivity (Wildman–Crippen MR) is 283 cm³/mol. The molecular formula is C60H94O6. The van der Waals surface area contributed by atoms with Crippen molar-refractivity contribution in [2.75, 3.05) is 13.2 Å². The van der Waals surface area contributed by atoms with E-state index < -0.39 is 6.10 Å². The summed E-state index contributed by atoms with van der Waals surface area (Å²) in [5.41, 5.74) is 0. The van der Waals surface area contributed by atoms with Gasteiger partial charge in [-0.1, -0.05) is 206 Å².